The van der Waals surface area contributed by atoms with Gasteiger partial charge < -0.3 is 20.1 Å². The molecule has 9 nitrogen and oxygen atoms in total. The van der Waals surface area contributed by atoms with Gasteiger partial charge in [0.05, 0.1) is 18.3 Å². The Balaban J connectivity index is 1.58. The average Bonchev–Trinajstić information content (AvgIpc) is 3.27. The lowest BCUT2D eigenvalue weighted by molar-refractivity contribution is -0.119. The summed E-state index contributed by atoms with van der Waals surface area (Å²) >= 11 is 0. The average molecular weight is 462 g/mol. The number of pyridine rings is 1. The lowest BCUT2D eigenvalue weighted by Gasteiger charge is -2.29. The number of methoxy groups -OCH3 is 1. The summed E-state index contributed by atoms with van der Waals surface area (Å²) in [6, 6.07) is 9.85. The van der Waals surface area contributed by atoms with Crippen molar-refractivity contribution in [1.82, 2.24) is 24.3 Å². The molecule has 0 aliphatic carbocycles. The van der Waals surface area contributed by atoms with E-state index in [4.69, 9.17) is 20.2 Å². The van der Waals surface area contributed by atoms with Gasteiger partial charge in [-0.1, -0.05) is 0 Å². The van der Waals surface area contributed by atoms with Gasteiger partial charge in [-0.3, -0.25) is 9.20 Å². The minimum absolute atomic E-state index is 0.0844. The molecule has 174 valence electrons. The molecule has 0 saturated carbocycles. The molecule has 5 rings (SSSR count). The normalized spacial score (nSPS) is 15.9. The van der Waals surface area contributed by atoms with Crippen molar-refractivity contribution in [2.24, 2.45) is 0 Å². The molecule has 1 fully saturated rings. The van der Waals surface area contributed by atoms with Crippen molar-refractivity contribution in [3.8, 4) is 28.8 Å². The number of imidazole rings is 1. The van der Waals surface area contributed by atoms with Gasteiger partial charge in [-0.25, -0.2) is 19.3 Å². The predicted molar refractivity (Wildman–Crippen MR) is 123 cm³/mol. The van der Waals surface area contributed by atoms with Crippen molar-refractivity contribution >= 4 is 17.9 Å². The Morgan fingerprint density at radius 3 is 2.85 bits per heavy atom. The number of likely N-dealkylation sites (tertiary alicyclic amines) is 1. The third-order valence-electron chi connectivity index (χ3n) is 5.95. The molecule has 10 heteroatoms. The minimum atomic E-state index is -0.576. The Hall–Kier alpha value is -4.21. The highest BCUT2D eigenvalue weighted by molar-refractivity contribution is 5.70. The van der Waals surface area contributed by atoms with Crippen LogP contribution in [0.5, 0.6) is 17.4 Å². The minimum Gasteiger partial charge on any atom is -0.493 e. The number of hydrogen-bond acceptors (Lipinski definition) is 7. The molecule has 1 unspecified atom stereocenters. The molecular formula is C24H23FN6O3. The van der Waals surface area contributed by atoms with Crippen molar-refractivity contribution in [3.63, 3.8) is 0 Å². The zero-order chi connectivity index (χ0) is 23.7. The highest BCUT2D eigenvalue weighted by Crippen LogP contribution is 2.38. The zero-order valence-electron chi connectivity index (χ0n) is 18.5. The van der Waals surface area contributed by atoms with E-state index in [1.807, 2.05) is 6.07 Å². The van der Waals surface area contributed by atoms with E-state index in [1.165, 1.54) is 25.4 Å². The van der Waals surface area contributed by atoms with E-state index >= 15 is 0 Å². The highest BCUT2D eigenvalue weighted by atomic mass is 19.1. The fourth-order valence-electron chi connectivity index (χ4n) is 4.34. The van der Waals surface area contributed by atoms with E-state index in [9.17, 15) is 9.18 Å². The number of hydrogen-bond donors (Lipinski definition) is 1. The number of benzene rings is 1. The Labute approximate surface area is 195 Å². The van der Waals surface area contributed by atoms with Crippen LogP contribution in [0.1, 0.15) is 24.5 Å². The van der Waals surface area contributed by atoms with Crippen LogP contribution in [-0.4, -0.2) is 50.9 Å². The highest BCUT2D eigenvalue weighted by Gasteiger charge is 2.27. The first-order chi connectivity index (χ1) is 16.6. The fourth-order valence-corrected chi connectivity index (χ4v) is 4.34. The second-order valence-corrected chi connectivity index (χ2v) is 8.04. The number of fused-ring (bicyclic) bond motifs is 1. The Kier molecular flexibility index (Phi) is 5.70. The lowest BCUT2D eigenvalue weighted by atomic mass is 9.94. The maximum Gasteiger partial charge on any atom is 0.255 e. The van der Waals surface area contributed by atoms with Crippen LogP contribution in [0.2, 0.25) is 0 Å². The number of carbonyl (C=O) groups is 1. The van der Waals surface area contributed by atoms with Gasteiger partial charge in [-0.2, -0.15) is 0 Å². The number of nitrogen functional groups attached to an aromatic ring is 1. The monoisotopic (exact) mass is 462 g/mol. The smallest absolute Gasteiger partial charge is 0.255 e. The molecule has 1 aromatic carbocycles. The van der Waals surface area contributed by atoms with Crippen molar-refractivity contribution in [3.05, 3.63) is 60.3 Å². The van der Waals surface area contributed by atoms with Crippen molar-refractivity contribution in [1.29, 1.82) is 0 Å². The molecule has 1 saturated heterocycles. The Morgan fingerprint density at radius 2 is 2.06 bits per heavy atom. The molecule has 34 heavy (non-hydrogen) atoms. The summed E-state index contributed by atoms with van der Waals surface area (Å²) in [5.74, 6) is 0.941. The van der Waals surface area contributed by atoms with Crippen LogP contribution in [0.3, 0.4) is 0 Å². The molecule has 0 radical (unpaired) electrons. The second kappa shape index (κ2) is 8.97. The molecule has 1 amide bonds. The topological polar surface area (TPSA) is 108 Å². The summed E-state index contributed by atoms with van der Waals surface area (Å²) in [7, 11) is 1.50. The number of amides is 1. The van der Waals surface area contributed by atoms with Gasteiger partial charge in [0.1, 0.15) is 5.82 Å². The zero-order valence-corrected chi connectivity index (χ0v) is 18.5. The van der Waals surface area contributed by atoms with Crippen molar-refractivity contribution < 1.29 is 18.7 Å². The van der Waals surface area contributed by atoms with Gasteiger partial charge >= 0.3 is 0 Å². The number of ether oxygens (including phenoxy) is 2. The fraction of sp³-hybridized carbons (Fsp3) is 0.250. The number of nitrogens with two attached hydrogens (primary N) is 1. The third kappa shape index (κ3) is 3.87. The van der Waals surface area contributed by atoms with E-state index in [0.717, 1.165) is 42.6 Å². The van der Waals surface area contributed by atoms with Crippen LogP contribution in [0.25, 0.3) is 16.9 Å². The van der Waals surface area contributed by atoms with Crippen LogP contribution in [0.15, 0.2) is 48.8 Å². The van der Waals surface area contributed by atoms with Gasteiger partial charge in [0.2, 0.25) is 12.4 Å². The first kappa shape index (κ1) is 21.6. The number of anilines is 1. The SMILES string of the molecule is COc1cc(-c2nc(C3CCCN(C=O)C3)c3ccnc(N)n23)ccc1Oc1ncccc1F. The lowest BCUT2D eigenvalue weighted by Crippen LogP contribution is -2.33. The second-order valence-electron chi connectivity index (χ2n) is 8.04. The number of aromatic nitrogens is 4. The first-order valence-corrected chi connectivity index (χ1v) is 10.9. The number of rotatable bonds is 6. The van der Waals surface area contributed by atoms with Gasteiger partial charge in [0.15, 0.2) is 17.3 Å². The Bertz CT molecular complexity index is 1360. The summed E-state index contributed by atoms with van der Waals surface area (Å²) < 4.78 is 27.0. The number of nitrogens with zero attached hydrogens (tertiary/aromatic N) is 5. The molecule has 0 spiro atoms. The molecular weight excluding hydrogens is 439 g/mol. The van der Waals surface area contributed by atoms with Crippen molar-refractivity contribution in [2.75, 3.05) is 25.9 Å². The molecule has 4 heterocycles. The summed E-state index contributed by atoms with van der Waals surface area (Å²) in [4.78, 5) is 26.2. The standard InChI is InChI=1S/C24H23FN6O3/c1-33-20-12-15(6-7-19(20)34-23-17(25)5-2-9-27-23)22-29-21(16-4-3-11-30(13-16)14-32)18-8-10-28-24(26)31(18)22/h2,5-10,12,14,16H,3-4,11,13H2,1H3,(H2,26,28). The molecule has 2 N–H and O–H groups in total. The van der Waals surface area contributed by atoms with Gasteiger partial charge in [-0.15, -0.1) is 0 Å². The van der Waals surface area contributed by atoms with Crippen LogP contribution < -0.4 is 15.2 Å². The summed E-state index contributed by atoms with van der Waals surface area (Å²) in [5, 5.41) is 0. The van der Waals surface area contributed by atoms with E-state index in [2.05, 4.69) is 9.97 Å². The summed E-state index contributed by atoms with van der Waals surface area (Å²) in [6.07, 6.45) is 5.81. The van der Waals surface area contributed by atoms with Crippen LogP contribution in [0, 0.1) is 5.82 Å². The number of carbonyl (C=O) groups excluding carboxylic acids is 1. The molecule has 3 aromatic heterocycles. The van der Waals surface area contributed by atoms with E-state index in [-0.39, 0.29) is 11.8 Å². The van der Waals surface area contributed by atoms with Crippen molar-refractivity contribution in [2.45, 2.75) is 18.8 Å². The van der Waals surface area contributed by atoms with Crippen LogP contribution in [-0.2, 0) is 4.79 Å². The summed E-state index contributed by atoms with van der Waals surface area (Å²) in [5.41, 5.74) is 8.68. The number of piperidine rings is 1. The Morgan fingerprint density at radius 1 is 1.18 bits per heavy atom. The first-order valence-electron chi connectivity index (χ1n) is 10.9. The maximum absolute atomic E-state index is 14.0. The molecule has 1 aliphatic rings. The summed E-state index contributed by atoms with van der Waals surface area (Å²) in [6.45, 7) is 1.35. The molecule has 4 aromatic rings. The molecule has 1 atom stereocenters. The molecule has 0 bridgehead atoms. The quantitative estimate of drug-likeness (QED) is 0.436. The number of halogens is 1. The maximum atomic E-state index is 14.0. The van der Waals surface area contributed by atoms with Gasteiger partial charge in [-0.05, 0) is 49.2 Å². The van der Waals surface area contributed by atoms with Crippen LogP contribution >= 0.6 is 0 Å². The van der Waals surface area contributed by atoms with Gasteiger partial charge in [0.25, 0.3) is 5.88 Å². The third-order valence-corrected chi connectivity index (χ3v) is 5.95. The molecule has 1 aliphatic heterocycles. The van der Waals surface area contributed by atoms with E-state index < -0.39 is 5.82 Å². The van der Waals surface area contributed by atoms with Crippen LogP contribution in [0.4, 0.5) is 10.3 Å². The largest absolute Gasteiger partial charge is 0.493 e. The van der Waals surface area contributed by atoms with Gasteiger partial charge in [0, 0.05) is 37.0 Å². The predicted octanol–water partition coefficient (Wildman–Crippen LogP) is 3.65. The van der Waals surface area contributed by atoms with E-state index in [1.54, 1.807) is 33.7 Å². The van der Waals surface area contributed by atoms with E-state index in [0.29, 0.717) is 29.8 Å².